The van der Waals surface area contributed by atoms with E-state index in [2.05, 4.69) is 63.3 Å². The van der Waals surface area contributed by atoms with Crippen LogP contribution in [0.15, 0.2) is 54.6 Å². The normalized spacial score (nSPS) is 21.1. The molecular weight excluding hydrogens is 1250 g/mol. The first-order valence-electron chi connectivity index (χ1n) is 27.6. The number of guanidine groups is 1. The third kappa shape index (κ3) is 25.8. The fourth-order valence-electron chi connectivity index (χ4n) is 8.84. The van der Waals surface area contributed by atoms with Crippen molar-refractivity contribution >= 4 is 115 Å². The first-order chi connectivity index (χ1) is 42.5. The van der Waals surface area contributed by atoms with Crippen LogP contribution in [0.1, 0.15) is 62.5 Å². The summed E-state index contributed by atoms with van der Waals surface area (Å²) in [5, 5.41) is 40.7. The molecule has 2 aromatic rings. The van der Waals surface area contributed by atoms with Gasteiger partial charge in [0.25, 0.3) is 0 Å². The number of likely N-dealkylation sites (tertiary alicyclic amines) is 1. The average Bonchev–Trinajstić information content (AvgIpc) is 1.85. The zero-order valence-corrected chi connectivity index (χ0v) is 50.6. The third-order valence-corrected chi connectivity index (χ3v) is 16.1. The standard InChI is InChI=1S/C53H71FN16O17S3/c1-2-8-32(45(77)62-25-43(74)75)63-42(73)24-61-46(78)33(11-6-19-60-53(58)59)65-51(83)39-12-7-20-70(39)52(84)38-27-89-88-26-31(55)44(76)66-35(22-29-13-15-30(16-14-29)87-90(54,85)86)49(81)67-36(21-28-9-4-3-5-10-28)48(80)64-34(17-18-40(56)71)47(79)68-37(23-41(57)72)50(82)69-38/h1,3-5,9-10,13-16,31-39H,6-8,11-12,17-27,55H2,(H2,56,71)(H2,57,72)(H,61,78)(H,62,77)(H,63,73)(H,64,80)(H,65,83)(H,66,76)(H,67,81)(H,68,79)(H,69,82)(H,74,75)(H4,58,59,60)/t31-,32-,33-,34-,35-,36-,37-,38-,39-/m0/s1. The van der Waals surface area contributed by atoms with Crippen molar-refractivity contribution in [3.63, 3.8) is 0 Å². The molecule has 0 aromatic heterocycles. The highest BCUT2D eigenvalue weighted by Gasteiger charge is 2.41. The van der Waals surface area contributed by atoms with Gasteiger partial charge in [-0.05, 0) is 55.4 Å². The summed E-state index contributed by atoms with van der Waals surface area (Å²) in [7, 11) is -3.62. The Labute approximate surface area is 523 Å². The van der Waals surface area contributed by atoms with Crippen LogP contribution < -0.4 is 80.3 Å². The first-order valence-corrected chi connectivity index (χ1v) is 31.4. The highest BCUT2D eigenvalue weighted by atomic mass is 33.1. The Hall–Kier alpha value is -9.28. The van der Waals surface area contributed by atoms with Crippen LogP contribution in [0.4, 0.5) is 3.89 Å². The van der Waals surface area contributed by atoms with Gasteiger partial charge in [0.2, 0.25) is 70.9 Å². The molecule has 2 aromatic carbocycles. The van der Waals surface area contributed by atoms with Crippen LogP contribution in [0.2, 0.25) is 0 Å². The number of primary amides is 2. The van der Waals surface area contributed by atoms with E-state index >= 15 is 0 Å². The lowest BCUT2D eigenvalue weighted by Crippen LogP contribution is -2.61. The minimum Gasteiger partial charge on any atom is -0.480 e. The van der Waals surface area contributed by atoms with Gasteiger partial charge in [-0.1, -0.05) is 67.9 Å². The van der Waals surface area contributed by atoms with Crippen molar-refractivity contribution < 1.29 is 83.9 Å². The van der Waals surface area contributed by atoms with Crippen LogP contribution in [0, 0.1) is 17.8 Å². The van der Waals surface area contributed by atoms with Crippen molar-refractivity contribution in [2.75, 3.05) is 37.7 Å². The van der Waals surface area contributed by atoms with Crippen LogP contribution in [0.25, 0.3) is 0 Å². The lowest BCUT2D eigenvalue weighted by atomic mass is 10.0. The minimum absolute atomic E-state index is 0.000427. The number of benzene rings is 2. The number of carboxylic acids is 1. The summed E-state index contributed by atoms with van der Waals surface area (Å²) in [4.78, 5) is 176. The summed E-state index contributed by atoms with van der Waals surface area (Å²) in [5.74, 6) is -12.6. The monoisotopic (exact) mass is 1320 g/mol. The molecule has 0 radical (unpaired) electrons. The van der Waals surface area contributed by atoms with Gasteiger partial charge in [-0.25, -0.2) is 0 Å². The number of hydrogen-bond donors (Lipinski definition) is 16. The lowest BCUT2D eigenvalue weighted by molar-refractivity contribution is -0.142. The molecule has 9 atom stereocenters. The van der Waals surface area contributed by atoms with E-state index in [-0.39, 0.29) is 75.1 Å². The molecule has 2 saturated heterocycles. The Morgan fingerprint density at radius 2 is 1.31 bits per heavy atom. The predicted molar refractivity (Wildman–Crippen MR) is 321 cm³/mol. The number of hydrogen-bond acceptors (Lipinski definition) is 20. The molecule has 0 bridgehead atoms. The van der Waals surface area contributed by atoms with Crippen molar-refractivity contribution in [2.45, 2.75) is 119 Å². The molecule has 2 fully saturated rings. The van der Waals surface area contributed by atoms with Gasteiger partial charge in [-0.15, -0.1) is 12.3 Å². The number of nitrogens with one attached hydrogen (secondary N) is 11. The van der Waals surface area contributed by atoms with E-state index < -0.39 is 186 Å². The number of carbonyl (C=O) groups is 13. The van der Waals surface area contributed by atoms with Crippen LogP contribution in [-0.2, 0) is 85.7 Å². The van der Waals surface area contributed by atoms with E-state index in [0.717, 1.165) is 38.6 Å². The smallest absolute Gasteiger partial charge is 0.480 e. The number of carbonyl (C=O) groups excluding carboxylic acids is 12. The first kappa shape index (κ1) is 73.2. The molecule has 20 N–H and O–H groups in total. The second-order valence-corrected chi connectivity index (χ2v) is 23.8. The largest absolute Gasteiger partial charge is 0.488 e. The Kier molecular flexibility index (Phi) is 29.5. The molecular formula is C53H71FN16O17S3. The zero-order chi connectivity index (χ0) is 66.7. The van der Waals surface area contributed by atoms with E-state index in [0.29, 0.717) is 5.56 Å². The Bertz CT molecular complexity index is 3130. The number of halogens is 1. The number of nitrogens with zero attached hydrogens (tertiary/aromatic N) is 1. The topological polar surface area (TPSA) is 537 Å². The molecule has 4 rings (SSSR count). The quantitative estimate of drug-likeness (QED) is 0.0104. The van der Waals surface area contributed by atoms with Crippen molar-refractivity contribution in [1.29, 1.82) is 5.41 Å². The van der Waals surface area contributed by atoms with Gasteiger partial charge < -0.3 is 90.3 Å². The van der Waals surface area contributed by atoms with Gasteiger partial charge in [0, 0.05) is 50.3 Å². The SMILES string of the molecule is C#CC[C@H](NC(=O)CNC(=O)[C@H](CCCNC(=N)N)NC(=O)[C@@H]1CCCN1C(=O)[C@@H]1CSSC[C@H](N)C(=O)N[C@@H](Cc2ccc(OS(=O)(=O)F)cc2)C(=O)N[C@@H](Cc2ccccc2)C(=O)N[C@@H](CCC(N)=O)C(=O)N[C@@H](CC(N)=O)C(=O)N1)C(=O)NCC(=O)O. The number of nitrogens with two attached hydrogens (primary N) is 4. The van der Waals surface area contributed by atoms with E-state index in [1.807, 2.05) is 0 Å². The summed E-state index contributed by atoms with van der Waals surface area (Å²) in [6.45, 7) is -1.62. The highest BCUT2D eigenvalue weighted by molar-refractivity contribution is 8.76. The van der Waals surface area contributed by atoms with E-state index in [1.165, 1.54) is 12.1 Å². The van der Waals surface area contributed by atoms with Gasteiger partial charge >= 0.3 is 16.5 Å². The molecule has 0 unspecified atom stereocenters. The Balaban J connectivity index is 1.69. The molecule has 37 heteroatoms. The Morgan fingerprint density at radius 1 is 0.744 bits per heavy atom. The number of carboxylic acid groups (broad SMARTS) is 1. The number of amides is 12. The zero-order valence-electron chi connectivity index (χ0n) is 48.1. The second kappa shape index (κ2) is 36.3. The minimum atomic E-state index is -5.42. The molecule has 0 saturated carbocycles. The predicted octanol–water partition coefficient (Wildman–Crippen LogP) is -6.08. The molecule has 0 spiro atoms. The second-order valence-electron chi connectivity index (χ2n) is 20.3. The van der Waals surface area contributed by atoms with Crippen LogP contribution >= 0.6 is 21.6 Å². The molecule has 12 amide bonds. The average molecular weight is 1320 g/mol. The Morgan fingerprint density at radius 3 is 1.91 bits per heavy atom. The van der Waals surface area contributed by atoms with Crippen molar-refractivity contribution in [1.82, 2.24) is 58.1 Å². The van der Waals surface area contributed by atoms with Gasteiger partial charge in [0.15, 0.2) is 5.96 Å². The van der Waals surface area contributed by atoms with E-state index in [9.17, 15) is 74.6 Å². The van der Waals surface area contributed by atoms with Crippen molar-refractivity contribution in [3.05, 3.63) is 65.7 Å². The highest BCUT2D eigenvalue weighted by Crippen LogP contribution is 2.26. The van der Waals surface area contributed by atoms with Crippen molar-refractivity contribution in [3.8, 4) is 18.1 Å². The molecule has 2 aliphatic rings. The van der Waals surface area contributed by atoms with E-state index in [4.69, 9.17) is 39.9 Å². The van der Waals surface area contributed by atoms with E-state index in [1.54, 1.807) is 30.3 Å². The summed E-state index contributed by atoms with van der Waals surface area (Å²) in [6, 6.07) is -1.17. The fourth-order valence-corrected chi connectivity index (χ4v) is 11.5. The van der Waals surface area contributed by atoms with Crippen LogP contribution in [0.3, 0.4) is 0 Å². The molecule has 0 aliphatic carbocycles. The fraction of sp³-hybridized carbons (Fsp3) is 0.472. The van der Waals surface area contributed by atoms with Gasteiger partial charge in [-0.2, -0.15) is 8.42 Å². The molecule has 2 aliphatic heterocycles. The van der Waals surface area contributed by atoms with Gasteiger partial charge in [0.05, 0.1) is 19.0 Å². The molecule has 90 heavy (non-hydrogen) atoms. The molecule has 490 valence electrons. The van der Waals surface area contributed by atoms with Crippen LogP contribution in [-0.4, -0.2) is 193 Å². The summed E-state index contributed by atoms with van der Waals surface area (Å²) < 4.78 is 39.9. The maximum Gasteiger partial charge on any atom is 0.488 e. The maximum atomic E-state index is 14.8. The molecule has 33 nitrogen and oxygen atoms in total. The third-order valence-electron chi connectivity index (χ3n) is 13.2. The number of aliphatic carboxylic acids is 1. The lowest BCUT2D eigenvalue weighted by Gasteiger charge is -2.31. The number of terminal acetylenes is 1. The summed E-state index contributed by atoms with van der Waals surface area (Å²) >= 11 is 0. The van der Waals surface area contributed by atoms with Crippen molar-refractivity contribution in [2.24, 2.45) is 22.9 Å². The van der Waals surface area contributed by atoms with Gasteiger partial charge in [0.1, 0.15) is 60.6 Å². The maximum absolute atomic E-state index is 14.8. The molecule has 2 heterocycles. The van der Waals surface area contributed by atoms with Gasteiger partial charge in [-0.3, -0.25) is 67.7 Å². The number of rotatable bonds is 26. The van der Waals surface area contributed by atoms with Crippen LogP contribution in [0.5, 0.6) is 5.75 Å². The summed E-state index contributed by atoms with van der Waals surface area (Å²) in [6.07, 6.45) is 2.53. The summed E-state index contributed by atoms with van der Waals surface area (Å²) in [5.41, 5.74) is 23.5.